The van der Waals surface area contributed by atoms with Gasteiger partial charge in [0.2, 0.25) is 10.0 Å². The number of thiophene rings is 1. The summed E-state index contributed by atoms with van der Waals surface area (Å²) in [6.45, 7) is 13.0. The molecular formula is C32H39N3O4S2. The second-order valence-corrected chi connectivity index (χ2v) is 14.9. The fourth-order valence-corrected chi connectivity index (χ4v) is 8.07. The van der Waals surface area contributed by atoms with Gasteiger partial charge in [-0.05, 0) is 90.4 Å². The van der Waals surface area contributed by atoms with Crippen molar-refractivity contribution < 1.29 is 18.0 Å². The molecular weight excluding hydrogens is 555 g/mol. The summed E-state index contributed by atoms with van der Waals surface area (Å²) in [5.41, 5.74) is 2.40. The molecule has 2 heterocycles. The lowest BCUT2D eigenvalue weighted by Gasteiger charge is -2.26. The maximum absolute atomic E-state index is 13.6. The molecule has 0 spiro atoms. The van der Waals surface area contributed by atoms with Crippen molar-refractivity contribution in [1.82, 2.24) is 9.21 Å². The minimum atomic E-state index is -3.57. The molecule has 1 aliphatic heterocycles. The molecule has 1 saturated carbocycles. The van der Waals surface area contributed by atoms with Gasteiger partial charge in [-0.1, -0.05) is 39.0 Å². The Morgan fingerprint density at radius 1 is 0.902 bits per heavy atom. The monoisotopic (exact) mass is 593 g/mol. The van der Waals surface area contributed by atoms with E-state index in [2.05, 4.69) is 20.8 Å². The van der Waals surface area contributed by atoms with Gasteiger partial charge in [-0.2, -0.15) is 4.31 Å². The van der Waals surface area contributed by atoms with Crippen LogP contribution in [0.25, 0.3) is 0 Å². The Morgan fingerprint density at radius 3 is 2.02 bits per heavy atom. The summed E-state index contributed by atoms with van der Waals surface area (Å²) in [7, 11) is -3.57. The molecule has 218 valence electrons. The number of carbonyl (C=O) groups is 2. The average molecular weight is 594 g/mol. The molecule has 2 atom stereocenters. The van der Waals surface area contributed by atoms with Gasteiger partial charge in [0.1, 0.15) is 0 Å². The number of benzene rings is 2. The van der Waals surface area contributed by atoms with Crippen LogP contribution in [0.5, 0.6) is 0 Å². The lowest BCUT2D eigenvalue weighted by atomic mass is 9.87. The number of hydrogen-bond acceptors (Lipinski definition) is 5. The highest BCUT2D eigenvalue weighted by atomic mass is 32.2. The number of carbonyl (C=O) groups excluding carboxylic acids is 2. The van der Waals surface area contributed by atoms with E-state index in [1.807, 2.05) is 55.6 Å². The molecule has 0 radical (unpaired) electrons. The molecule has 2 amide bonds. The Hall–Kier alpha value is -3.01. The summed E-state index contributed by atoms with van der Waals surface area (Å²) in [6, 6.07) is 18.2. The van der Waals surface area contributed by atoms with E-state index >= 15 is 0 Å². The van der Waals surface area contributed by atoms with Crippen molar-refractivity contribution in [2.24, 2.45) is 17.8 Å². The molecule has 3 aromatic rings. The van der Waals surface area contributed by atoms with Crippen LogP contribution >= 0.6 is 11.3 Å². The fourth-order valence-electron chi connectivity index (χ4n) is 5.88. The summed E-state index contributed by atoms with van der Waals surface area (Å²) in [4.78, 5) is 30.9. The molecule has 9 heteroatoms. The molecule has 7 nitrogen and oxygen atoms in total. The van der Waals surface area contributed by atoms with Crippen LogP contribution < -0.4 is 4.90 Å². The molecule has 0 bridgehead atoms. The largest absolute Gasteiger partial charge is 0.339 e. The van der Waals surface area contributed by atoms with Gasteiger partial charge in [-0.25, -0.2) is 8.42 Å². The van der Waals surface area contributed by atoms with E-state index in [-0.39, 0.29) is 35.0 Å². The Morgan fingerprint density at radius 2 is 1.51 bits per heavy atom. The Bertz CT molecular complexity index is 1480. The number of piperidine rings is 1. The summed E-state index contributed by atoms with van der Waals surface area (Å²) >= 11 is 1.40. The summed E-state index contributed by atoms with van der Waals surface area (Å²) < 4.78 is 28.4. The first-order chi connectivity index (χ1) is 19.5. The molecule has 1 aliphatic carbocycles. The molecule has 2 unspecified atom stereocenters. The molecule has 41 heavy (non-hydrogen) atoms. The Kier molecular flexibility index (Phi) is 8.16. The van der Waals surface area contributed by atoms with E-state index in [4.69, 9.17) is 0 Å². The second-order valence-electron chi connectivity index (χ2n) is 12.0. The minimum Gasteiger partial charge on any atom is -0.339 e. The molecule has 1 aromatic heterocycles. The SMILES string of the molecule is CCN(CC)C(=O)c1ccc(N(CC2C3CN(S(=O)(=O)c4ccc(C(C)(C)C)cc4)CC23)C(=O)c2cccs2)cc1. The second kappa shape index (κ2) is 11.3. The smallest absolute Gasteiger partial charge is 0.268 e. The zero-order chi connectivity index (χ0) is 29.5. The molecule has 2 aromatic carbocycles. The number of amides is 2. The lowest BCUT2D eigenvalue weighted by molar-refractivity contribution is 0.0773. The van der Waals surface area contributed by atoms with E-state index in [0.29, 0.717) is 48.1 Å². The summed E-state index contributed by atoms with van der Waals surface area (Å²) in [5, 5.41) is 1.89. The van der Waals surface area contributed by atoms with Crippen LogP contribution in [-0.4, -0.2) is 62.2 Å². The number of rotatable bonds is 9. The topological polar surface area (TPSA) is 78.0 Å². The van der Waals surface area contributed by atoms with Crippen molar-refractivity contribution in [3.05, 3.63) is 82.0 Å². The van der Waals surface area contributed by atoms with Gasteiger partial charge < -0.3 is 9.80 Å². The molecule has 2 aliphatic rings. The number of nitrogens with zero attached hydrogens (tertiary/aromatic N) is 3. The molecule has 0 N–H and O–H groups in total. The Labute approximate surface area is 247 Å². The van der Waals surface area contributed by atoms with Gasteiger partial charge in [0.05, 0.1) is 9.77 Å². The fraction of sp³-hybridized carbons (Fsp3) is 0.438. The van der Waals surface area contributed by atoms with Crippen molar-refractivity contribution in [3.8, 4) is 0 Å². The summed E-state index contributed by atoms with van der Waals surface area (Å²) in [5.74, 6) is 0.576. The highest BCUT2D eigenvalue weighted by molar-refractivity contribution is 7.89. The van der Waals surface area contributed by atoms with Crippen molar-refractivity contribution in [3.63, 3.8) is 0 Å². The van der Waals surface area contributed by atoms with Crippen molar-refractivity contribution in [1.29, 1.82) is 0 Å². The third-order valence-corrected chi connectivity index (χ3v) is 11.2. The van der Waals surface area contributed by atoms with Gasteiger partial charge >= 0.3 is 0 Å². The van der Waals surface area contributed by atoms with Crippen LogP contribution in [0, 0.1) is 17.8 Å². The van der Waals surface area contributed by atoms with E-state index in [1.165, 1.54) is 11.3 Å². The Balaban J connectivity index is 1.29. The van der Waals surface area contributed by atoms with Crippen LogP contribution in [-0.2, 0) is 15.4 Å². The predicted molar refractivity (Wildman–Crippen MR) is 164 cm³/mol. The van der Waals surface area contributed by atoms with E-state index in [9.17, 15) is 18.0 Å². The van der Waals surface area contributed by atoms with Gasteiger partial charge in [0.15, 0.2) is 0 Å². The normalized spacial score (nSPS) is 20.5. The van der Waals surface area contributed by atoms with E-state index in [1.54, 1.807) is 38.4 Å². The highest BCUT2D eigenvalue weighted by Gasteiger charge is 2.58. The molecule has 2 fully saturated rings. The van der Waals surface area contributed by atoms with Gasteiger partial charge in [0.25, 0.3) is 11.8 Å². The van der Waals surface area contributed by atoms with Crippen LogP contribution in [0.2, 0.25) is 0 Å². The van der Waals surface area contributed by atoms with E-state index < -0.39 is 10.0 Å². The summed E-state index contributed by atoms with van der Waals surface area (Å²) in [6.07, 6.45) is 0. The zero-order valence-electron chi connectivity index (χ0n) is 24.4. The molecule has 5 rings (SSSR count). The zero-order valence-corrected chi connectivity index (χ0v) is 26.0. The first-order valence-electron chi connectivity index (χ1n) is 14.3. The van der Waals surface area contributed by atoms with Gasteiger partial charge in [-0.15, -0.1) is 11.3 Å². The van der Waals surface area contributed by atoms with Gasteiger partial charge in [-0.3, -0.25) is 9.59 Å². The number of fused-ring (bicyclic) bond motifs is 1. The van der Waals surface area contributed by atoms with Crippen LogP contribution in [0.1, 0.15) is 60.2 Å². The molecule has 1 saturated heterocycles. The van der Waals surface area contributed by atoms with Crippen LogP contribution in [0.15, 0.2) is 70.9 Å². The maximum atomic E-state index is 13.6. The lowest BCUT2D eigenvalue weighted by Crippen LogP contribution is -2.36. The maximum Gasteiger partial charge on any atom is 0.268 e. The highest BCUT2D eigenvalue weighted by Crippen LogP contribution is 2.53. The third-order valence-electron chi connectivity index (χ3n) is 8.54. The van der Waals surface area contributed by atoms with Crippen molar-refractivity contribution >= 4 is 38.9 Å². The quantitative estimate of drug-likeness (QED) is 0.317. The third kappa shape index (κ3) is 5.85. The minimum absolute atomic E-state index is 0.0243. The van der Waals surface area contributed by atoms with E-state index in [0.717, 1.165) is 11.3 Å². The van der Waals surface area contributed by atoms with Gasteiger partial charge in [0, 0.05) is 44.0 Å². The number of anilines is 1. The average Bonchev–Trinajstić information content (AvgIpc) is 3.34. The van der Waals surface area contributed by atoms with Crippen molar-refractivity contribution in [2.45, 2.75) is 44.9 Å². The number of hydrogen-bond donors (Lipinski definition) is 0. The van der Waals surface area contributed by atoms with Crippen molar-refractivity contribution in [2.75, 3.05) is 37.6 Å². The first-order valence-corrected chi connectivity index (χ1v) is 16.6. The number of sulfonamides is 1. The first kappa shape index (κ1) is 29.5. The van der Waals surface area contributed by atoms with Crippen LogP contribution in [0.4, 0.5) is 5.69 Å². The standard InChI is InChI=1S/C32H39N3O4S2/c1-6-33(7-2)30(36)22-10-14-24(15-11-22)35(31(37)29-9-8-18-40-29)21-28-26-19-34(20-27(26)28)41(38,39)25-16-12-23(13-17-25)32(3,4)5/h8-18,26-28H,6-7,19-21H2,1-5H3. The predicted octanol–water partition coefficient (Wildman–Crippen LogP) is 5.74. The van der Waals surface area contributed by atoms with Crippen LogP contribution in [0.3, 0.4) is 0 Å².